The molecule has 1 fully saturated rings. The van der Waals surface area contributed by atoms with Gasteiger partial charge in [0.25, 0.3) is 11.5 Å². The Balaban J connectivity index is 1.26. The van der Waals surface area contributed by atoms with E-state index in [-0.39, 0.29) is 29.1 Å². The van der Waals surface area contributed by atoms with Crippen molar-refractivity contribution in [2.45, 2.75) is 25.9 Å². The van der Waals surface area contributed by atoms with Crippen molar-refractivity contribution >= 4 is 23.4 Å². The van der Waals surface area contributed by atoms with E-state index in [1.54, 1.807) is 11.8 Å². The van der Waals surface area contributed by atoms with Crippen molar-refractivity contribution in [3.8, 4) is 17.2 Å². The van der Waals surface area contributed by atoms with E-state index in [9.17, 15) is 32.7 Å². The third-order valence-corrected chi connectivity index (χ3v) is 7.01. The van der Waals surface area contributed by atoms with E-state index in [4.69, 9.17) is 4.74 Å². The first kappa shape index (κ1) is 30.3. The minimum Gasteiger partial charge on any atom is -0.454 e. The molecule has 1 aliphatic rings. The van der Waals surface area contributed by atoms with Crippen LogP contribution in [0.3, 0.4) is 0 Å². The zero-order valence-corrected chi connectivity index (χ0v) is 23.5. The molecule has 2 aromatic carbocycles. The molecule has 0 radical (unpaired) electrons. The van der Waals surface area contributed by atoms with Gasteiger partial charge in [-0.05, 0) is 68.1 Å². The Hall–Kier alpha value is -5.17. The van der Waals surface area contributed by atoms with Gasteiger partial charge in [-0.3, -0.25) is 19.5 Å². The largest absolute Gasteiger partial charge is 0.454 e. The number of nitrogens with zero attached hydrogens (tertiary/aromatic N) is 3. The number of aliphatic hydroxyl groups excluding tert-OH is 1. The number of pyridine rings is 2. The monoisotopic (exact) mass is 607 g/mol. The number of anilines is 2. The molecule has 0 aliphatic carbocycles. The van der Waals surface area contributed by atoms with Crippen molar-refractivity contribution in [1.82, 2.24) is 14.5 Å². The van der Waals surface area contributed by atoms with Crippen LogP contribution in [0, 0.1) is 23.4 Å². The van der Waals surface area contributed by atoms with Gasteiger partial charge in [-0.15, -0.1) is 0 Å². The Labute approximate surface area is 249 Å². The summed E-state index contributed by atoms with van der Waals surface area (Å²) in [5.74, 6) is -3.64. The fourth-order valence-electron chi connectivity index (χ4n) is 4.91. The molecule has 3 amide bonds. The molecule has 10 nitrogen and oxygen atoms in total. The predicted molar refractivity (Wildman–Crippen MR) is 156 cm³/mol. The summed E-state index contributed by atoms with van der Waals surface area (Å²) in [6, 6.07) is 11.5. The van der Waals surface area contributed by atoms with Gasteiger partial charge >= 0.3 is 6.03 Å². The van der Waals surface area contributed by atoms with Gasteiger partial charge in [-0.1, -0.05) is 0 Å². The third kappa shape index (κ3) is 7.06. The number of carbonyl (C=O) groups is 2. The van der Waals surface area contributed by atoms with Gasteiger partial charge < -0.3 is 20.1 Å². The standard InChI is InChI=1S/C31H28F3N5O5/c1-18(40)13-19-9-12-38(17-19)31(43)37-28-14-22(8-10-35-28)44-27-16-24(33)26(15-25(27)34)36-29(41)23-3-2-11-39(30(23)42)21-6-4-20(32)5-7-21/h2-8,10-11,14-16,18-19,40H,9,12-13,17H2,1H3,(H,36,41)(H,35,37,43). The second kappa shape index (κ2) is 13.0. The maximum atomic E-state index is 15.0. The smallest absolute Gasteiger partial charge is 0.323 e. The molecule has 228 valence electrons. The van der Waals surface area contributed by atoms with E-state index in [0.717, 1.165) is 29.2 Å². The predicted octanol–water partition coefficient (Wildman–Crippen LogP) is 5.32. The molecule has 2 unspecified atom stereocenters. The number of rotatable bonds is 8. The lowest BCUT2D eigenvalue weighted by Crippen LogP contribution is -2.33. The van der Waals surface area contributed by atoms with Crippen LogP contribution in [-0.4, -0.2) is 50.7 Å². The highest BCUT2D eigenvalue weighted by Gasteiger charge is 2.27. The molecular formula is C31H28F3N5O5. The van der Waals surface area contributed by atoms with E-state index in [1.807, 2.05) is 0 Å². The lowest BCUT2D eigenvalue weighted by molar-refractivity contribution is 0.102. The van der Waals surface area contributed by atoms with Gasteiger partial charge in [0.2, 0.25) is 0 Å². The van der Waals surface area contributed by atoms with Gasteiger partial charge in [0, 0.05) is 49.4 Å². The van der Waals surface area contributed by atoms with Crippen LogP contribution in [0.4, 0.5) is 29.5 Å². The van der Waals surface area contributed by atoms with Crippen LogP contribution in [0.1, 0.15) is 30.1 Å². The molecule has 13 heteroatoms. The van der Waals surface area contributed by atoms with Crippen LogP contribution in [-0.2, 0) is 0 Å². The SMILES string of the molecule is CC(O)CC1CCN(C(=O)Nc2cc(Oc3cc(F)c(NC(=O)c4cccn(-c5ccc(F)cc5)c4=O)cc3F)ccn2)C1. The van der Waals surface area contributed by atoms with Gasteiger partial charge in [0.1, 0.15) is 22.9 Å². The normalized spacial score (nSPS) is 15.1. The summed E-state index contributed by atoms with van der Waals surface area (Å²) in [6.07, 6.45) is 3.63. The second-order valence-corrected chi connectivity index (χ2v) is 10.4. The molecule has 2 atom stereocenters. The summed E-state index contributed by atoms with van der Waals surface area (Å²) in [7, 11) is 0. The number of amides is 3. The van der Waals surface area contributed by atoms with Crippen LogP contribution in [0.15, 0.2) is 77.9 Å². The minimum atomic E-state index is -1.03. The Bertz CT molecular complexity index is 1750. The topological polar surface area (TPSA) is 126 Å². The molecule has 0 saturated carbocycles. The summed E-state index contributed by atoms with van der Waals surface area (Å²) in [4.78, 5) is 44.1. The molecule has 0 spiro atoms. The van der Waals surface area contributed by atoms with E-state index in [2.05, 4.69) is 15.6 Å². The zero-order chi connectivity index (χ0) is 31.4. The number of nitrogens with one attached hydrogen (secondary N) is 2. The lowest BCUT2D eigenvalue weighted by Gasteiger charge is -2.18. The second-order valence-electron chi connectivity index (χ2n) is 10.4. The number of aromatic nitrogens is 2. The highest BCUT2D eigenvalue weighted by atomic mass is 19.1. The number of aliphatic hydroxyl groups is 1. The highest BCUT2D eigenvalue weighted by molar-refractivity contribution is 6.04. The van der Waals surface area contributed by atoms with Gasteiger partial charge in [0.15, 0.2) is 17.4 Å². The van der Waals surface area contributed by atoms with Crippen molar-refractivity contribution in [2.24, 2.45) is 5.92 Å². The van der Waals surface area contributed by atoms with Gasteiger partial charge in [0.05, 0.1) is 11.8 Å². The van der Waals surface area contributed by atoms with E-state index >= 15 is 0 Å². The first-order valence-corrected chi connectivity index (χ1v) is 13.7. The summed E-state index contributed by atoms with van der Waals surface area (Å²) < 4.78 is 49.8. The fourth-order valence-corrected chi connectivity index (χ4v) is 4.91. The Kier molecular flexibility index (Phi) is 8.95. The molecule has 44 heavy (non-hydrogen) atoms. The van der Waals surface area contributed by atoms with Gasteiger partial charge in [-0.2, -0.15) is 0 Å². The summed E-state index contributed by atoms with van der Waals surface area (Å²) >= 11 is 0. The number of carbonyl (C=O) groups excluding carboxylic acids is 2. The number of hydrogen-bond donors (Lipinski definition) is 3. The number of halogens is 3. The van der Waals surface area contributed by atoms with Crippen LogP contribution >= 0.6 is 0 Å². The first-order valence-electron chi connectivity index (χ1n) is 13.7. The maximum Gasteiger partial charge on any atom is 0.323 e. The Morgan fingerprint density at radius 3 is 2.59 bits per heavy atom. The average Bonchev–Trinajstić information content (AvgIpc) is 3.44. The molecule has 0 bridgehead atoms. The first-order chi connectivity index (χ1) is 21.1. The molecule has 1 saturated heterocycles. The molecule has 2 aromatic heterocycles. The van der Waals surface area contributed by atoms with Crippen molar-refractivity contribution < 1.29 is 32.6 Å². The Morgan fingerprint density at radius 2 is 1.84 bits per heavy atom. The molecule has 4 aromatic rings. The number of ether oxygens (including phenoxy) is 1. The van der Waals surface area contributed by atoms with Crippen LogP contribution in [0.5, 0.6) is 11.5 Å². The Morgan fingerprint density at radius 1 is 1.07 bits per heavy atom. The van der Waals surface area contributed by atoms with Crippen molar-refractivity contribution in [3.63, 3.8) is 0 Å². The van der Waals surface area contributed by atoms with Crippen LogP contribution < -0.4 is 20.9 Å². The number of hydrogen-bond acceptors (Lipinski definition) is 6. The minimum absolute atomic E-state index is 0.0596. The maximum absolute atomic E-state index is 15.0. The quantitative estimate of drug-likeness (QED) is 0.249. The average molecular weight is 608 g/mol. The third-order valence-electron chi connectivity index (χ3n) is 7.01. The summed E-state index contributed by atoms with van der Waals surface area (Å²) in [5.41, 5.74) is -1.32. The van der Waals surface area contributed by atoms with E-state index < -0.39 is 46.5 Å². The summed E-state index contributed by atoms with van der Waals surface area (Å²) in [5, 5.41) is 14.4. The van der Waals surface area contributed by atoms with E-state index in [1.165, 1.54) is 48.8 Å². The number of urea groups is 1. The van der Waals surface area contributed by atoms with Gasteiger partial charge in [-0.25, -0.2) is 22.9 Å². The van der Waals surface area contributed by atoms with Crippen molar-refractivity contribution in [2.75, 3.05) is 23.7 Å². The fraction of sp³-hybridized carbons (Fsp3) is 0.226. The lowest BCUT2D eigenvalue weighted by atomic mass is 10.0. The molecule has 5 rings (SSSR count). The molecule has 3 N–H and O–H groups in total. The van der Waals surface area contributed by atoms with E-state index in [0.29, 0.717) is 31.3 Å². The zero-order valence-electron chi connectivity index (χ0n) is 23.5. The summed E-state index contributed by atoms with van der Waals surface area (Å²) in [6.45, 7) is 2.73. The van der Waals surface area contributed by atoms with Crippen LogP contribution in [0.25, 0.3) is 5.69 Å². The number of likely N-dealkylation sites (tertiary alicyclic amines) is 1. The molecule has 1 aliphatic heterocycles. The highest BCUT2D eigenvalue weighted by Crippen LogP contribution is 2.30. The number of benzene rings is 2. The molecular weight excluding hydrogens is 579 g/mol. The molecule has 3 heterocycles. The van der Waals surface area contributed by atoms with Crippen molar-refractivity contribution in [3.05, 3.63) is 106 Å². The van der Waals surface area contributed by atoms with Crippen molar-refractivity contribution in [1.29, 1.82) is 0 Å². The van der Waals surface area contributed by atoms with Crippen LogP contribution in [0.2, 0.25) is 0 Å².